The van der Waals surface area contributed by atoms with Gasteiger partial charge >= 0.3 is 0 Å². The maximum atomic E-state index is 12.6. The number of nitrogens with one attached hydrogen (secondary N) is 1. The Morgan fingerprint density at radius 3 is 2.35 bits per heavy atom. The molecule has 0 aliphatic heterocycles. The number of aryl methyl sites for hydroxylation is 1. The predicted molar refractivity (Wildman–Crippen MR) is 145 cm³/mol. The third kappa shape index (κ3) is 7.55. The molecule has 0 aliphatic rings. The highest BCUT2D eigenvalue weighted by Gasteiger charge is 2.10. The summed E-state index contributed by atoms with van der Waals surface area (Å²) < 4.78 is 11.2. The van der Waals surface area contributed by atoms with Crippen LogP contribution in [-0.4, -0.2) is 12.5 Å². The summed E-state index contributed by atoms with van der Waals surface area (Å²) >= 11 is 0. The van der Waals surface area contributed by atoms with Gasteiger partial charge in [-0.25, -0.2) is 0 Å². The number of nitrogens with zero attached hydrogens (tertiary/aromatic N) is 1. The summed E-state index contributed by atoms with van der Waals surface area (Å²) in [5.41, 5.74) is 2.33. The summed E-state index contributed by atoms with van der Waals surface area (Å²) in [4.78, 5) is 24.8. The number of carbonyl (C=O) groups excluding carboxylic acids is 1. The van der Waals surface area contributed by atoms with Gasteiger partial charge in [0.2, 0.25) is 5.76 Å². The topological polar surface area (TPSA) is 92.3 Å². The second-order valence-corrected chi connectivity index (χ2v) is 8.98. The molecule has 0 saturated heterocycles. The number of rotatable bonds is 12. The molecule has 0 saturated carbocycles. The smallest absolute Gasteiger partial charge is 0.255 e. The van der Waals surface area contributed by atoms with Crippen LogP contribution in [0.5, 0.6) is 5.75 Å². The fourth-order valence-electron chi connectivity index (χ4n) is 4.17. The van der Waals surface area contributed by atoms with Crippen LogP contribution in [0.1, 0.15) is 60.2 Å². The zero-order valence-electron chi connectivity index (χ0n) is 20.7. The molecule has 3 aromatic carbocycles. The molecule has 0 radical (unpaired) electrons. The van der Waals surface area contributed by atoms with Gasteiger partial charge < -0.3 is 14.5 Å². The largest absolute Gasteiger partial charge is 0.494 e. The van der Waals surface area contributed by atoms with Crippen LogP contribution in [0.3, 0.4) is 0 Å². The molecule has 1 heterocycles. The minimum Gasteiger partial charge on any atom is -0.494 e. The third-order valence-corrected chi connectivity index (χ3v) is 6.18. The molecule has 6 nitrogen and oxygen atoms in total. The van der Waals surface area contributed by atoms with Crippen molar-refractivity contribution in [1.82, 2.24) is 0 Å². The van der Waals surface area contributed by atoms with Gasteiger partial charge in [0.05, 0.1) is 12.0 Å². The molecule has 0 atom stereocenters. The zero-order valence-corrected chi connectivity index (χ0v) is 20.7. The van der Waals surface area contributed by atoms with Gasteiger partial charge in [-0.3, -0.25) is 9.59 Å². The molecule has 0 unspecified atom stereocenters. The van der Waals surface area contributed by atoms with E-state index in [2.05, 4.69) is 35.6 Å². The molecular weight excluding hydrogens is 464 g/mol. The number of nitriles is 1. The highest BCUT2D eigenvalue weighted by Crippen LogP contribution is 2.19. The lowest BCUT2D eigenvalue weighted by Gasteiger charge is -2.09. The van der Waals surface area contributed by atoms with E-state index in [1.165, 1.54) is 31.2 Å². The van der Waals surface area contributed by atoms with Crippen LogP contribution in [-0.2, 0) is 6.42 Å². The minimum atomic E-state index is -0.335. The lowest BCUT2D eigenvalue weighted by atomic mass is 10.1. The lowest BCUT2D eigenvalue weighted by Crippen LogP contribution is -2.12. The van der Waals surface area contributed by atoms with Crippen molar-refractivity contribution in [1.29, 1.82) is 5.26 Å². The normalized spacial score (nSPS) is 10.7. The summed E-state index contributed by atoms with van der Waals surface area (Å²) in [7, 11) is 0. The number of amides is 1. The van der Waals surface area contributed by atoms with E-state index in [-0.39, 0.29) is 17.1 Å². The van der Waals surface area contributed by atoms with Crippen LogP contribution in [0.4, 0.5) is 5.69 Å². The van der Waals surface area contributed by atoms with Crippen molar-refractivity contribution < 1.29 is 13.9 Å². The fraction of sp³-hybridized carbons (Fsp3) is 0.258. The van der Waals surface area contributed by atoms with Gasteiger partial charge in [0.1, 0.15) is 17.4 Å². The number of ether oxygens (including phenoxy) is 1. The molecule has 0 fully saturated rings. The van der Waals surface area contributed by atoms with E-state index < -0.39 is 0 Å². The first-order chi connectivity index (χ1) is 18.1. The van der Waals surface area contributed by atoms with Gasteiger partial charge in [0.15, 0.2) is 5.43 Å². The van der Waals surface area contributed by atoms with E-state index in [4.69, 9.17) is 14.4 Å². The summed E-state index contributed by atoms with van der Waals surface area (Å²) in [6.07, 6.45) is 8.27. The van der Waals surface area contributed by atoms with E-state index in [1.807, 2.05) is 6.07 Å². The highest BCUT2D eigenvalue weighted by atomic mass is 16.5. The average Bonchev–Trinajstić information content (AvgIpc) is 2.93. The van der Waals surface area contributed by atoms with E-state index >= 15 is 0 Å². The first-order valence-corrected chi connectivity index (χ1v) is 12.7. The van der Waals surface area contributed by atoms with Crippen LogP contribution in [0.25, 0.3) is 11.0 Å². The van der Waals surface area contributed by atoms with Crippen LogP contribution >= 0.6 is 0 Å². The molecule has 1 amide bonds. The highest BCUT2D eigenvalue weighted by molar-refractivity contribution is 6.05. The van der Waals surface area contributed by atoms with E-state index in [0.29, 0.717) is 28.8 Å². The standard InChI is InChI=1S/C31H30N2O4/c32-22-27-21-29(34)28-20-25(15-18-30(28)37-27)33-31(35)24-13-16-26(17-14-24)36-19-9-4-2-1-3-6-10-23-11-7-5-8-12-23/h5,7-8,11-18,20-21H,1-4,6,9-10,19H2,(H,33,35). The number of benzene rings is 3. The molecule has 4 rings (SSSR count). The van der Waals surface area contributed by atoms with Crippen molar-refractivity contribution in [2.24, 2.45) is 0 Å². The van der Waals surface area contributed by atoms with Crippen molar-refractivity contribution in [3.63, 3.8) is 0 Å². The summed E-state index contributed by atoms with van der Waals surface area (Å²) in [6, 6.07) is 25.3. The quantitative estimate of drug-likeness (QED) is 0.217. The number of carbonyl (C=O) groups is 1. The summed E-state index contributed by atoms with van der Waals surface area (Å²) in [6.45, 7) is 0.656. The van der Waals surface area contributed by atoms with E-state index in [1.54, 1.807) is 42.5 Å². The van der Waals surface area contributed by atoms with Gasteiger partial charge in [-0.2, -0.15) is 5.26 Å². The molecule has 0 aliphatic carbocycles. The second kappa shape index (κ2) is 13.1. The molecule has 0 spiro atoms. The van der Waals surface area contributed by atoms with Gasteiger partial charge in [0.25, 0.3) is 5.91 Å². The van der Waals surface area contributed by atoms with Crippen LogP contribution < -0.4 is 15.5 Å². The Hall–Kier alpha value is -4.37. The Morgan fingerprint density at radius 1 is 0.865 bits per heavy atom. The van der Waals surface area contributed by atoms with Gasteiger partial charge in [-0.1, -0.05) is 56.0 Å². The lowest BCUT2D eigenvalue weighted by molar-refractivity contribution is 0.102. The molecule has 1 aromatic heterocycles. The SMILES string of the molecule is N#Cc1cc(=O)c2cc(NC(=O)c3ccc(OCCCCCCCCc4ccccc4)cc3)ccc2o1. The number of hydrogen-bond acceptors (Lipinski definition) is 5. The molecule has 188 valence electrons. The fourth-order valence-corrected chi connectivity index (χ4v) is 4.17. The van der Waals surface area contributed by atoms with Crippen molar-refractivity contribution >= 4 is 22.6 Å². The van der Waals surface area contributed by atoms with Crippen molar-refractivity contribution in [2.75, 3.05) is 11.9 Å². The summed E-state index contributed by atoms with van der Waals surface area (Å²) in [5.74, 6) is 0.387. The summed E-state index contributed by atoms with van der Waals surface area (Å²) in [5, 5.41) is 12.0. The molecule has 0 bridgehead atoms. The maximum Gasteiger partial charge on any atom is 0.255 e. The van der Waals surface area contributed by atoms with Crippen molar-refractivity contribution in [3.05, 3.63) is 106 Å². The van der Waals surface area contributed by atoms with Gasteiger partial charge in [-0.05, 0) is 67.3 Å². The molecule has 37 heavy (non-hydrogen) atoms. The minimum absolute atomic E-state index is 0.0499. The number of hydrogen-bond donors (Lipinski definition) is 1. The van der Waals surface area contributed by atoms with Crippen molar-refractivity contribution in [3.8, 4) is 11.8 Å². The third-order valence-electron chi connectivity index (χ3n) is 6.18. The second-order valence-electron chi connectivity index (χ2n) is 8.98. The van der Waals surface area contributed by atoms with Crippen LogP contribution in [0, 0.1) is 11.3 Å². The van der Waals surface area contributed by atoms with E-state index in [0.717, 1.165) is 31.1 Å². The molecular formula is C31H30N2O4. The Kier molecular flexibility index (Phi) is 9.09. The predicted octanol–water partition coefficient (Wildman–Crippen LogP) is 6.88. The molecule has 6 heteroatoms. The first kappa shape index (κ1) is 25.7. The van der Waals surface area contributed by atoms with E-state index in [9.17, 15) is 9.59 Å². The van der Waals surface area contributed by atoms with Crippen LogP contribution in [0.15, 0.2) is 88.1 Å². The zero-order chi connectivity index (χ0) is 25.9. The Bertz CT molecular complexity index is 1420. The number of anilines is 1. The monoisotopic (exact) mass is 494 g/mol. The maximum absolute atomic E-state index is 12.6. The van der Waals surface area contributed by atoms with Crippen molar-refractivity contribution in [2.45, 2.75) is 44.9 Å². The Labute approximate surface area is 216 Å². The Balaban J connectivity index is 1.16. The molecule has 1 N–H and O–H groups in total. The molecule has 4 aromatic rings. The number of fused-ring (bicyclic) bond motifs is 1. The number of unbranched alkanes of at least 4 members (excludes halogenated alkanes) is 5. The average molecular weight is 495 g/mol. The Morgan fingerprint density at radius 2 is 1.59 bits per heavy atom. The van der Waals surface area contributed by atoms with Gasteiger partial charge in [0, 0.05) is 17.3 Å². The van der Waals surface area contributed by atoms with Crippen LogP contribution in [0.2, 0.25) is 0 Å². The first-order valence-electron chi connectivity index (χ1n) is 12.7. The van der Waals surface area contributed by atoms with Gasteiger partial charge in [-0.15, -0.1) is 0 Å².